The molecule has 4 heteroatoms. The van der Waals surface area contributed by atoms with Gasteiger partial charge in [0.15, 0.2) is 5.79 Å². The summed E-state index contributed by atoms with van der Waals surface area (Å²) in [7, 11) is 0. The predicted molar refractivity (Wildman–Crippen MR) is 75.1 cm³/mol. The normalized spacial score (nSPS) is 25.3. The van der Waals surface area contributed by atoms with Gasteiger partial charge in [-0.25, -0.2) is 0 Å². The molecule has 1 saturated heterocycles. The predicted octanol–water partition coefficient (Wildman–Crippen LogP) is 2.32. The summed E-state index contributed by atoms with van der Waals surface area (Å²) in [5.41, 5.74) is 0. The Morgan fingerprint density at radius 2 is 1.84 bits per heavy atom. The molecule has 1 aliphatic heterocycles. The van der Waals surface area contributed by atoms with Gasteiger partial charge >= 0.3 is 0 Å². The lowest BCUT2D eigenvalue weighted by atomic mass is 9.89. The molecule has 2 fully saturated rings. The third kappa shape index (κ3) is 4.15. The van der Waals surface area contributed by atoms with Gasteiger partial charge in [-0.3, -0.25) is 0 Å². The minimum absolute atomic E-state index is 0.245. The van der Waals surface area contributed by atoms with E-state index in [4.69, 9.17) is 14.2 Å². The summed E-state index contributed by atoms with van der Waals surface area (Å²) in [5.74, 6) is 0.354. The van der Waals surface area contributed by atoms with Crippen LogP contribution in [0.5, 0.6) is 0 Å². The van der Waals surface area contributed by atoms with E-state index in [1.54, 1.807) is 0 Å². The van der Waals surface area contributed by atoms with E-state index in [-0.39, 0.29) is 5.79 Å². The van der Waals surface area contributed by atoms with Crippen LogP contribution in [0.1, 0.15) is 46.5 Å². The summed E-state index contributed by atoms with van der Waals surface area (Å²) in [6, 6.07) is 1.02. The molecule has 1 unspecified atom stereocenters. The van der Waals surface area contributed by atoms with Crippen LogP contribution in [0.4, 0.5) is 0 Å². The number of hydrogen-bond acceptors (Lipinski definition) is 4. The average molecular weight is 271 g/mol. The minimum Gasteiger partial charge on any atom is -0.380 e. The van der Waals surface area contributed by atoms with E-state index in [1.165, 1.54) is 0 Å². The van der Waals surface area contributed by atoms with Gasteiger partial charge in [-0.15, -0.1) is 0 Å². The molecular formula is C15H29NO3. The van der Waals surface area contributed by atoms with Crippen LogP contribution in [0.15, 0.2) is 0 Å². The zero-order valence-electron chi connectivity index (χ0n) is 12.6. The van der Waals surface area contributed by atoms with Crippen molar-refractivity contribution in [3.05, 3.63) is 0 Å². The van der Waals surface area contributed by atoms with Gasteiger partial charge in [0, 0.05) is 31.5 Å². The molecule has 0 aromatic rings. The Hall–Kier alpha value is -0.160. The SMILES string of the molecule is CCOCC(NC1CCC2(CC1)OCCO2)C(C)C. The van der Waals surface area contributed by atoms with Crippen molar-refractivity contribution >= 4 is 0 Å². The summed E-state index contributed by atoms with van der Waals surface area (Å²) in [4.78, 5) is 0. The van der Waals surface area contributed by atoms with Crippen LogP contribution in [0.25, 0.3) is 0 Å². The second-order valence-electron chi connectivity index (χ2n) is 6.06. The van der Waals surface area contributed by atoms with E-state index in [1.807, 2.05) is 0 Å². The maximum absolute atomic E-state index is 5.77. The highest BCUT2D eigenvalue weighted by molar-refractivity contribution is 4.87. The van der Waals surface area contributed by atoms with E-state index in [9.17, 15) is 0 Å². The molecule has 0 aromatic heterocycles. The van der Waals surface area contributed by atoms with Gasteiger partial charge in [0.05, 0.1) is 19.8 Å². The standard InChI is InChI=1S/C15H29NO3/c1-4-17-11-14(12(2)3)16-13-5-7-15(8-6-13)18-9-10-19-15/h12-14,16H,4-11H2,1-3H3. The molecule has 1 N–H and O–H groups in total. The lowest BCUT2D eigenvalue weighted by Crippen LogP contribution is -2.48. The van der Waals surface area contributed by atoms with Crippen LogP contribution in [0, 0.1) is 5.92 Å². The fourth-order valence-corrected chi connectivity index (χ4v) is 2.99. The molecular weight excluding hydrogens is 242 g/mol. The molecule has 0 aromatic carbocycles. The summed E-state index contributed by atoms with van der Waals surface area (Å²) in [6.07, 6.45) is 4.30. The van der Waals surface area contributed by atoms with Crippen molar-refractivity contribution in [2.45, 2.75) is 64.3 Å². The van der Waals surface area contributed by atoms with Crippen LogP contribution in [0.2, 0.25) is 0 Å². The van der Waals surface area contributed by atoms with E-state index in [0.29, 0.717) is 18.0 Å². The fraction of sp³-hybridized carbons (Fsp3) is 1.00. The van der Waals surface area contributed by atoms with E-state index >= 15 is 0 Å². The first-order valence-corrected chi connectivity index (χ1v) is 7.77. The minimum atomic E-state index is -0.245. The first kappa shape index (κ1) is 15.2. The molecule has 0 amide bonds. The molecule has 2 aliphatic rings. The molecule has 1 spiro atoms. The summed E-state index contributed by atoms with van der Waals surface area (Å²) < 4.78 is 17.1. The number of nitrogens with one attached hydrogen (secondary N) is 1. The largest absolute Gasteiger partial charge is 0.380 e. The number of hydrogen-bond donors (Lipinski definition) is 1. The highest BCUT2D eigenvalue weighted by Crippen LogP contribution is 2.35. The first-order chi connectivity index (χ1) is 9.15. The third-order valence-electron chi connectivity index (χ3n) is 4.32. The first-order valence-electron chi connectivity index (χ1n) is 7.77. The maximum Gasteiger partial charge on any atom is 0.168 e. The van der Waals surface area contributed by atoms with Crippen molar-refractivity contribution in [2.75, 3.05) is 26.4 Å². The topological polar surface area (TPSA) is 39.7 Å². The maximum atomic E-state index is 5.77. The smallest absolute Gasteiger partial charge is 0.168 e. The van der Waals surface area contributed by atoms with Crippen molar-refractivity contribution in [1.29, 1.82) is 0 Å². The van der Waals surface area contributed by atoms with E-state index in [2.05, 4.69) is 26.1 Å². The van der Waals surface area contributed by atoms with Crippen LogP contribution in [0.3, 0.4) is 0 Å². The second kappa shape index (κ2) is 7.02. The Bertz CT molecular complexity index is 254. The molecule has 4 nitrogen and oxygen atoms in total. The van der Waals surface area contributed by atoms with Gasteiger partial charge in [-0.1, -0.05) is 13.8 Å². The van der Waals surface area contributed by atoms with Gasteiger partial charge in [0.25, 0.3) is 0 Å². The van der Waals surface area contributed by atoms with E-state index in [0.717, 1.165) is 52.1 Å². The molecule has 1 aliphatic carbocycles. The average Bonchev–Trinajstić information content (AvgIpc) is 2.85. The summed E-state index contributed by atoms with van der Waals surface area (Å²) in [5, 5.41) is 3.76. The second-order valence-corrected chi connectivity index (χ2v) is 6.06. The van der Waals surface area contributed by atoms with Crippen LogP contribution >= 0.6 is 0 Å². The fourth-order valence-electron chi connectivity index (χ4n) is 2.99. The number of ether oxygens (including phenoxy) is 3. The number of rotatable bonds is 6. The van der Waals surface area contributed by atoms with Crippen molar-refractivity contribution in [2.24, 2.45) is 5.92 Å². The molecule has 0 radical (unpaired) electrons. The van der Waals surface area contributed by atoms with Gasteiger partial charge in [0.1, 0.15) is 0 Å². The zero-order valence-corrected chi connectivity index (χ0v) is 12.6. The molecule has 0 bridgehead atoms. The third-order valence-corrected chi connectivity index (χ3v) is 4.32. The van der Waals surface area contributed by atoms with Crippen molar-refractivity contribution in [3.63, 3.8) is 0 Å². The Morgan fingerprint density at radius 1 is 1.21 bits per heavy atom. The Labute approximate surface area is 117 Å². The molecule has 1 atom stereocenters. The van der Waals surface area contributed by atoms with Crippen molar-refractivity contribution in [3.8, 4) is 0 Å². The van der Waals surface area contributed by atoms with Crippen LogP contribution < -0.4 is 5.32 Å². The Morgan fingerprint density at radius 3 is 2.37 bits per heavy atom. The summed E-state index contributed by atoms with van der Waals surface area (Å²) >= 11 is 0. The highest BCUT2D eigenvalue weighted by Gasteiger charge is 2.40. The van der Waals surface area contributed by atoms with Crippen LogP contribution in [-0.4, -0.2) is 44.3 Å². The van der Waals surface area contributed by atoms with Crippen LogP contribution in [-0.2, 0) is 14.2 Å². The lowest BCUT2D eigenvalue weighted by molar-refractivity contribution is -0.180. The Kier molecular flexibility index (Phi) is 5.63. The van der Waals surface area contributed by atoms with E-state index < -0.39 is 0 Å². The highest BCUT2D eigenvalue weighted by atomic mass is 16.7. The molecule has 1 heterocycles. The quantitative estimate of drug-likeness (QED) is 0.805. The van der Waals surface area contributed by atoms with Gasteiger partial charge < -0.3 is 19.5 Å². The Balaban J connectivity index is 1.76. The van der Waals surface area contributed by atoms with Gasteiger partial charge in [-0.05, 0) is 25.7 Å². The van der Waals surface area contributed by atoms with Gasteiger partial charge in [-0.2, -0.15) is 0 Å². The lowest BCUT2D eigenvalue weighted by Gasteiger charge is -2.37. The zero-order chi connectivity index (χ0) is 13.7. The molecule has 112 valence electrons. The van der Waals surface area contributed by atoms with Crippen molar-refractivity contribution in [1.82, 2.24) is 5.32 Å². The van der Waals surface area contributed by atoms with Gasteiger partial charge in [0.2, 0.25) is 0 Å². The molecule has 19 heavy (non-hydrogen) atoms. The van der Waals surface area contributed by atoms with Crippen molar-refractivity contribution < 1.29 is 14.2 Å². The molecule has 1 saturated carbocycles. The monoisotopic (exact) mass is 271 g/mol. The molecule has 2 rings (SSSR count). The summed E-state index contributed by atoms with van der Waals surface area (Å²) in [6.45, 7) is 9.68.